The number of carbonyl (C=O) groups is 1. The molecule has 2 fully saturated rings. The largest absolute Gasteiger partial charge is 0.355 e. The summed E-state index contributed by atoms with van der Waals surface area (Å²) in [7, 11) is 0. The normalized spacial score (nSPS) is 22.8. The van der Waals surface area contributed by atoms with Crippen LogP contribution in [-0.4, -0.2) is 56.0 Å². The van der Waals surface area contributed by atoms with Gasteiger partial charge in [0.1, 0.15) is 0 Å². The van der Waals surface area contributed by atoms with Crippen LogP contribution in [0.3, 0.4) is 0 Å². The van der Waals surface area contributed by atoms with Crippen LogP contribution in [0, 0.1) is 0 Å². The van der Waals surface area contributed by atoms with Crippen LogP contribution in [0.4, 0.5) is 0 Å². The van der Waals surface area contributed by atoms with Gasteiger partial charge in [-0.3, -0.25) is 9.69 Å². The minimum atomic E-state index is -0.339. The lowest BCUT2D eigenvalue weighted by Crippen LogP contribution is -2.48. The zero-order chi connectivity index (χ0) is 13.6. The Hall–Kier alpha value is -0.650. The van der Waals surface area contributed by atoms with Crippen LogP contribution < -0.4 is 5.32 Å². The van der Waals surface area contributed by atoms with Crippen LogP contribution >= 0.6 is 0 Å². The number of nitrogens with zero attached hydrogens (tertiary/aromatic N) is 1. The van der Waals surface area contributed by atoms with E-state index in [1.54, 1.807) is 0 Å². The summed E-state index contributed by atoms with van der Waals surface area (Å²) in [6.07, 6.45) is 5.19. The molecule has 2 aliphatic heterocycles. The second kappa shape index (κ2) is 7.22. The predicted molar refractivity (Wildman–Crippen MR) is 72.8 cm³/mol. The van der Waals surface area contributed by atoms with E-state index in [0.29, 0.717) is 19.8 Å². The Bertz CT molecular complexity index is 280. The standard InChI is InChI=1S/C14H26N2O3/c1-2-3-4-7-15-13(17)12-16-8-5-14(6-9-16)18-10-11-19-14/h2-12H2,1H3,(H,15,17). The molecule has 19 heavy (non-hydrogen) atoms. The van der Waals surface area contributed by atoms with E-state index in [1.807, 2.05) is 0 Å². The van der Waals surface area contributed by atoms with Crippen LogP contribution in [0.25, 0.3) is 0 Å². The molecule has 5 nitrogen and oxygen atoms in total. The van der Waals surface area contributed by atoms with Crippen LogP contribution in [0.5, 0.6) is 0 Å². The van der Waals surface area contributed by atoms with Crippen molar-refractivity contribution < 1.29 is 14.3 Å². The molecule has 0 aromatic rings. The maximum atomic E-state index is 11.8. The fraction of sp³-hybridized carbons (Fsp3) is 0.929. The molecule has 0 aliphatic carbocycles. The number of hydrogen-bond acceptors (Lipinski definition) is 4. The molecule has 2 saturated heterocycles. The lowest BCUT2D eigenvalue weighted by molar-refractivity contribution is -0.185. The molecule has 2 rings (SSSR count). The lowest BCUT2D eigenvalue weighted by atomic mass is 10.0. The Morgan fingerprint density at radius 1 is 1.21 bits per heavy atom. The van der Waals surface area contributed by atoms with Crippen LogP contribution in [0.2, 0.25) is 0 Å². The summed E-state index contributed by atoms with van der Waals surface area (Å²) in [5, 5.41) is 2.98. The van der Waals surface area contributed by atoms with Gasteiger partial charge >= 0.3 is 0 Å². The number of hydrogen-bond donors (Lipinski definition) is 1. The monoisotopic (exact) mass is 270 g/mol. The van der Waals surface area contributed by atoms with Gasteiger partial charge in [0.25, 0.3) is 0 Å². The number of piperidine rings is 1. The predicted octanol–water partition coefficient (Wildman–Crippen LogP) is 1.13. The van der Waals surface area contributed by atoms with Crippen LogP contribution in [0.1, 0.15) is 39.0 Å². The van der Waals surface area contributed by atoms with Crippen molar-refractivity contribution in [2.45, 2.75) is 44.8 Å². The molecule has 0 bridgehead atoms. The second-order valence-corrected chi connectivity index (χ2v) is 5.44. The van der Waals surface area contributed by atoms with Gasteiger partial charge in [0.15, 0.2) is 5.79 Å². The number of likely N-dealkylation sites (tertiary alicyclic amines) is 1. The minimum absolute atomic E-state index is 0.139. The Kier molecular flexibility index (Phi) is 5.60. The third-order valence-electron chi connectivity index (χ3n) is 3.90. The second-order valence-electron chi connectivity index (χ2n) is 5.44. The summed E-state index contributed by atoms with van der Waals surface area (Å²) in [6, 6.07) is 0. The first kappa shape index (κ1) is 14.8. The van der Waals surface area contributed by atoms with Crippen molar-refractivity contribution in [3.63, 3.8) is 0 Å². The Labute approximate surface area is 115 Å². The van der Waals surface area contributed by atoms with Gasteiger partial charge in [-0.1, -0.05) is 19.8 Å². The van der Waals surface area contributed by atoms with Crippen LogP contribution in [-0.2, 0) is 14.3 Å². The van der Waals surface area contributed by atoms with Crippen molar-refractivity contribution >= 4 is 5.91 Å². The number of nitrogens with one attached hydrogen (secondary N) is 1. The molecule has 1 N–H and O–H groups in total. The first-order chi connectivity index (χ1) is 9.24. The third-order valence-corrected chi connectivity index (χ3v) is 3.90. The molecule has 0 aromatic carbocycles. The summed E-state index contributed by atoms with van der Waals surface area (Å²) >= 11 is 0. The molecule has 0 saturated carbocycles. The van der Waals surface area contributed by atoms with Crippen molar-refractivity contribution in [2.75, 3.05) is 39.4 Å². The third kappa shape index (κ3) is 4.44. The zero-order valence-electron chi connectivity index (χ0n) is 12.0. The first-order valence-corrected chi connectivity index (χ1v) is 7.51. The number of amides is 1. The molecule has 0 aromatic heterocycles. The van der Waals surface area contributed by atoms with E-state index in [2.05, 4.69) is 17.1 Å². The van der Waals surface area contributed by atoms with Gasteiger partial charge in [0.05, 0.1) is 19.8 Å². The van der Waals surface area contributed by atoms with Crippen molar-refractivity contribution in [2.24, 2.45) is 0 Å². The van der Waals surface area contributed by atoms with Gasteiger partial charge in [-0.15, -0.1) is 0 Å². The summed E-state index contributed by atoms with van der Waals surface area (Å²) in [5.41, 5.74) is 0. The molecule has 1 spiro atoms. The summed E-state index contributed by atoms with van der Waals surface area (Å²) in [4.78, 5) is 14.0. The van der Waals surface area contributed by atoms with Crippen molar-refractivity contribution in [1.29, 1.82) is 0 Å². The van der Waals surface area contributed by atoms with E-state index >= 15 is 0 Å². The Balaban J connectivity index is 1.61. The van der Waals surface area contributed by atoms with Gasteiger partial charge in [-0.05, 0) is 6.42 Å². The van der Waals surface area contributed by atoms with Crippen molar-refractivity contribution in [3.8, 4) is 0 Å². The molecule has 2 aliphatic rings. The molecule has 0 radical (unpaired) electrons. The topological polar surface area (TPSA) is 50.8 Å². The van der Waals surface area contributed by atoms with Gasteiger partial charge < -0.3 is 14.8 Å². The molecule has 5 heteroatoms. The Morgan fingerprint density at radius 3 is 2.53 bits per heavy atom. The quantitative estimate of drug-likeness (QED) is 0.735. The maximum Gasteiger partial charge on any atom is 0.234 e. The number of unbranched alkanes of at least 4 members (excludes halogenated alkanes) is 2. The van der Waals surface area contributed by atoms with E-state index in [-0.39, 0.29) is 11.7 Å². The molecule has 0 unspecified atom stereocenters. The van der Waals surface area contributed by atoms with E-state index in [4.69, 9.17) is 9.47 Å². The highest BCUT2D eigenvalue weighted by atomic mass is 16.7. The average Bonchev–Trinajstić information content (AvgIpc) is 2.86. The van der Waals surface area contributed by atoms with E-state index in [1.165, 1.54) is 12.8 Å². The number of ether oxygens (including phenoxy) is 2. The van der Waals surface area contributed by atoms with Gasteiger partial charge in [-0.2, -0.15) is 0 Å². The van der Waals surface area contributed by atoms with E-state index < -0.39 is 0 Å². The number of carbonyl (C=O) groups excluding carboxylic acids is 1. The Morgan fingerprint density at radius 2 is 1.89 bits per heavy atom. The fourth-order valence-corrected chi connectivity index (χ4v) is 2.70. The average molecular weight is 270 g/mol. The molecular formula is C14H26N2O3. The highest BCUT2D eigenvalue weighted by Gasteiger charge is 2.39. The zero-order valence-corrected chi connectivity index (χ0v) is 12.0. The maximum absolute atomic E-state index is 11.8. The molecular weight excluding hydrogens is 244 g/mol. The summed E-state index contributed by atoms with van der Waals surface area (Å²) in [6.45, 7) is 6.64. The van der Waals surface area contributed by atoms with Gasteiger partial charge in [-0.25, -0.2) is 0 Å². The molecule has 0 atom stereocenters. The minimum Gasteiger partial charge on any atom is -0.355 e. The molecule has 110 valence electrons. The van der Waals surface area contributed by atoms with Gasteiger partial charge in [0.2, 0.25) is 5.91 Å². The van der Waals surface area contributed by atoms with E-state index in [0.717, 1.165) is 38.9 Å². The van der Waals surface area contributed by atoms with Crippen LogP contribution in [0.15, 0.2) is 0 Å². The highest BCUT2D eigenvalue weighted by molar-refractivity contribution is 5.77. The fourth-order valence-electron chi connectivity index (χ4n) is 2.70. The SMILES string of the molecule is CCCCCNC(=O)CN1CCC2(CC1)OCCO2. The van der Waals surface area contributed by atoms with E-state index in [9.17, 15) is 4.79 Å². The molecule has 2 heterocycles. The summed E-state index contributed by atoms with van der Waals surface area (Å²) < 4.78 is 11.4. The first-order valence-electron chi connectivity index (χ1n) is 7.51. The van der Waals surface area contributed by atoms with Crippen molar-refractivity contribution in [1.82, 2.24) is 10.2 Å². The molecule has 1 amide bonds. The number of rotatable bonds is 6. The summed E-state index contributed by atoms with van der Waals surface area (Å²) in [5.74, 6) is -0.200. The lowest BCUT2D eigenvalue weighted by Gasteiger charge is -2.37. The van der Waals surface area contributed by atoms with Gasteiger partial charge in [0, 0.05) is 32.5 Å². The smallest absolute Gasteiger partial charge is 0.234 e. The van der Waals surface area contributed by atoms with Crippen molar-refractivity contribution in [3.05, 3.63) is 0 Å². The highest BCUT2D eigenvalue weighted by Crippen LogP contribution is 2.30.